The second kappa shape index (κ2) is 4.86. The fourth-order valence-electron chi connectivity index (χ4n) is 2.41. The van der Waals surface area contributed by atoms with Crippen molar-refractivity contribution < 1.29 is 9.18 Å². The lowest BCUT2D eigenvalue weighted by Crippen LogP contribution is -2.21. The molecular weight excluding hydrogens is 217 g/mol. The Kier molecular flexibility index (Phi) is 3.46. The molecule has 1 unspecified atom stereocenters. The molecule has 0 amide bonds. The third kappa shape index (κ3) is 2.65. The van der Waals surface area contributed by atoms with Gasteiger partial charge in [-0.25, -0.2) is 4.39 Å². The van der Waals surface area contributed by atoms with Gasteiger partial charge >= 0.3 is 0 Å². The number of aldehydes is 1. The van der Waals surface area contributed by atoms with Gasteiger partial charge in [0.2, 0.25) is 0 Å². The van der Waals surface area contributed by atoms with Crippen LogP contribution < -0.4 is 4.90 Å². The summed E-state index contributed by atoms with van der Waals surface area (Å²) in [5, 5.41) is 0. The molecule has 0 aromatic heterocycles. The predicted molar refractivity (Wildman–Crippen MR) is 66.9 cm³/mol. The van der Waals surface area contributed by atoms with Crippen LogP contribution in [0.5, 0.6) is 0 Å². The molecule has 1 aliphatic heterocycles. The molecule has 1 saturated heterocycles. The van der Waals surface area contributed by atoms with Crippen LogP contribution in [-0.4, -0.2) is 19.4 Å². The third-order valence-corrected chi connectivity index (χ3v) is 3.57. The van der Waals surface area contributed by atoms with Crippen molar-refractivity contribution in [3.05, 3.63) is 29.6 Å². The lowest BCUT2D eigenvalue weighted by Gasteiger charge is -2.20. The lowest BCUT2D eigenvalue weighted by atomic mass is 9.95. The first-order valence-electron chi connectivity index (χ1n) is 6.11. The Morgan fingerprint density at radius 1 is 1.41 bits per heavy atom. The van der Waals surface area contributed by atoms with Crippen molar-refractivity contribution in [2.75, 3.05) is 18.0 Å². The van der Waals surface area contributed by atoms with E-state index >= 15 is 0 Å². The third-order valence-electron chi connectivity index (χ3n) is 3.57. The van der Waals surface area contributed by atoms with E-state index < -0.39 is 0 Å². The molecule has 17 heavy (non-hydrogen) atoms. The Hall–Kier alpha value is -1.38. The monoisotopic (exact) mass is 235 g/mol. The van der Waals surface area contributed by atoms with Gasteiger partial charge < -0.3 is 4.90 Å². The smallest absolute Gasteiger partial charge is 0.150 e. The largest absolute Gasteiger partial charge is 0.371 e. The van der Waals surface area contributed by atoms with E-state index in [0.717, 1.165) is 25.2 Å². The molecule has 0 bridgehead atoms. The van der Waals surface area contributed by atoms with Gasteiger partial charge in [-0.15, -0.1) is 0 Å². The van der Waals surface area contributed by atoms with E-state index in [9.17, 15) is 9.18 Å². The zero-order valence-corrected chi connectivity index (χ0v) is 10.3. The standard InChI is InChI=1S/C14H18FNO/c1-10(2)12-3-4-16(8-12)14-6-11(9-17)5-13(15)7-14/h5-7,9-10,12H,3-4,8H2,1-2H3. The van der Waals surface area contributed by atoms with Gasteiger partial charge in [-0.3, -0.25) is 4.79 Å². The van der Waals surface area contributed by atoms with Crippen molar-refractivity contribution in [2.24, 2.45) is 11.8 Å². The van der Waals surface area contributed by atoms with Crippen LogP contribution in [0.15, 0.2) is 18.2 Å². The van der Waals surface area contributed by atoms with Crippen LogP contribution in [0.1, 0.15) is 30.6 Å². The average molecular weight is 235 g/mol. The van der Waals surface area contributed by atoms with Crippen LogP contribution in [0.2, 0.25) is 0 Å². The fourth-order valence-corrected chi connectivity index (χ4v) is 2.41. The van der Waals surface area contributed by atoms with Crippen LogP contribution in [0.25, 0.3) is 0 Å². The molecule has 1 aromatic carbocycles. The number of benzene rings is 1. The van der Waals surface area contributed by atoms with E-state index in [2.05, 4.69) is 18.7 Å². The summed E-state index contributed by atoms with van der Waals surface area (Å²) < 4.78 is 13.3. The summed E-state index contributed by atoms with van der Waals surface area (Å²) in [6, 6.07) is 4.54. The summed E-state index contributed by atoms with van der Waals surface area (Å²) in [6.07, 6.45) is 1.84. The summed E-state index contributed by atoms with van der Waals surface area (Å²) >= 11 is 0. The summed E-state index contributed by atoms with van der Waals surface area (Å²) in [5.74, 6) is 0.981. The number of hydrogen-bond donors (Lipinski definition) is 0. The maximum absolute atomic E-state index is 13.3. The van der Waals surface area contributed by atoms with E-state index in [1.54, 1.807) is 6.07 Å². The topological polar surface area (TPSA) is 20.3 Å². The van der Waals surface area contributed by atoms with Crippen molar-refractivity contribution in [3.63, 3.8) is 0 Å². The zero-order valence-electron chi connectivity index (χ0n) is 10.3. The highest BCUT2D eigenvalue weighted by Gasteiger charge is 2.25. The van der Waals surface area contributed by atoms with E-state index in [1.165, 1.54) is 12.1 Å². The van der Waals surface area contributed by atoms with Crippen LogP contribution in [0, 0.1) is 17.7 Å². The van der Waals surface area contributed by atoms with E-state index in [4.69, 9.17) is 0 Å². The first kappa shape index (κ1) is 12.1. The van der Waals surface area contributed by atoms with Crippen LogP contribution in [-0.2, 0) is 0 Å². The number of carbonyl (C=O) groups excluding carboxylic acids is 1. The van der Waals surface area contributed by atoms with Gasteiger partial charge in [-0.2, -0.15) is 0 Å². The Balaban J connectivity index is 2.18. The number of rotatable bonds is 3. The number of nitrogens with zero attached hydrogens (tertiary/aromatic N) is 1. The van der Waals surface area contributed by atoms with Gasteiger partial charge in [0.05, 0.1) is 0 Å². The summed E-state index contributed by atoms with van der Waals surface area (Å²) in [5.41, 5.74) is 1.24. The molecule has 1 aromatic rings. The molecule has 1 fully saturated rings. The van der Waals surface area contributed by atoms with Gasteiger partial charge in [0, 0.05) is 24.3 Å². The highest BCUT2D eigenvalue weighted by molar-refractivity contribution is 5.77. The minimum Gasteiger partial charge on any atom is -0.371 e. The Morgan fingerprint density at radius 3 is 2.76 bits per heavy atom. The van der Waals surface area contributed by atoms with Crippen molar-refractivity contribution in [3.8, 4) is 0 Å². The van der Waals surface area contributed by atoms with Gasteiger partial charge in [0.15, 0.2) is 0 Å². The number of anilines is 1. The molecule has 2 rings (SSSR count). The van der Waals surface area contributed by atoms with E-state index in [-0.39, 0.29) is 5.82 Å². The molecule has 3 heteroatoms. The lowest BCUT2D eigenvalue weighted by molar-refractivity contribution is 0.112. The maximum atomic E-state index is 13.3. The fraction of sp³-hybridized carbons (Fsp3) is 0.500. The normalized spacial score (nSPS) is 20.0. The molecule has 0 N–H and O–H groups in total. The summed E-state index contributed by atoms with van der Waals surface area (Å²) in [4.78, 5) is 12.9. The van der Waals surface area contributed by atoms with Gasteiger partial charge in [0.1, 0.15) is 12.1 Å². The quantitative estimate of drug-likeness (QED) is 0.750. The second-order valence-corrected chi connectivity index (χ2v) is 5.10. The van der Waals surface area contributed by atoms with Gasteiger partial charge in [-0.05, 0) is 36.5 Å². The number of halogens is 1. The highest BCUT2D eigenvalue weighted by atomic mass is 19.1. The van der Waals surface area contributed by atoms with E-state index in [0.29, 0.717) is 23.7 Å². The zero-order chi connectivity index (χ0) is 12.4. The molecule has 0 spiro atoms. The Morgan fingerprint density at radius 2 is 2.18 bits per heavy atom. The maximum Gasteiger partial charge on any atom is 0.150 e. The van der Waals surface area contributed by atoms with Crippen LogP contribution in [0.3, 0.4) is 0 Å². The molecule has 2 nitrogen and oxygen atoms in total. The van der Waals surface area contributed by atoms with Crippen molar-refractivity contribution in [2.45, 2.75) is 20.3 Å². The minimum atomic E-state index is -0.336. The van der Waals surface area contributed by atoms with Gasteiger partial charge in [-0.1, -0.05) is 13.8 Å². The minimum absolute atomic E-state index is 0.336. The first-order chi connectivity index (χ1) is 8.10. The van der Waals surface area contributed by atoms with Crippen molar-refractivity contribution in [1.29, 1.82) is 0 Å². The molecule has 0 radical (unpaired) electrons. The van der Waals surface area contributed by atoms with Crippen molar-refractivity contribution >= 4 is 12.0 Å². The van der Waals surface area contributed by atoms with Crippen LogP contribution in [0.4, 0.5) is 10.1 Å². The van der Waals surface area contributed by atoms with E-state index in [1.807, 2.05) is 0 Å². The van der Waals surface area contributed by atoms with Crippen LogP contribution >= 0.6 is 0 Å². The molecule has 1 atom stereocenters. The SMILES string of the molecule is CC(C)C1CCN(c2cc(F)cc(C=O)c2)C1. The Bertz CT molecular complexity index is 417. The Labute approximate surface area is 101 Å². The molecular formula is C14H18FNO. The second-order valence-electron chi connectivity index (χ2n) is 5.10. The summed E-state index contributed by atoms with van der Waals surface area (Å²) in [7, 11) is 0. The van der Waals surface area contributed by atoms with Gasteiger partial charge in [0.25, 0.3) is 0 Å². The molecule has 1 aliphatic rings. The molecule has 0 saturated carbocycles. The molecule has 92 valence electrons. The molecule has 1 heterocycles. The number of hydrogen-bond acceptors (Lipinski definition) is 2. The predicted octanol–water partition coefficient (Wildman–Crippen LogP) is 3.12. The van der Waals surface area contributed by atoms with Crippen molar-refractivity contribution in [1.82, 2.24) is 0 Å². The average Bonchev–Trinajstić information content (AvgIpc) is 2.77. The number of carbonyl (C=O) groups is 1. The summed E-state index contributed by atoms with van der Waals surface area (Å²) in [6.45, 7) is 6.34. The first-order valence-corrected chi connectivity index (χ1v) is 6.11. The highest BCUT2D eigenvalue weighted by Crippen LogP contribution is 2.29. The molecule has 0 aliphatic carbocycles.